The summed E-state index contributed by atoms with van der Waals surface area (Å²) >= 11 is 0. The molecule has 1 aliphatic rings. The van der Waals surface area contributed by atoms with Gasteiger partial charge < -0.3 is 14.4 Å². The van der Waals surface area contributed by atoms with Crippen molar-refractivity contribution in [3.05, 3.63) is 59.2 Å². The molecule has 2 aromatic carbocycles. The number of esters is 1. The maximum atomic E-state index is 13.2. The van der Waals surface area contributed by atoms with Crippen molar-refractivity contribution in [2.75, 3.05) is 25.2 Å². The van der Waals surface area contributed by atoms with Crippen molar-refractivity contribution in [1.29, 1.82) is 0 Å². The molecule has 1 saturated heterocycles. The topological polar surface area (TPSA) is 72.9 Å². The van der Waals surface area contributed by atoms with E-state index in [4.69, 9.17) is 9.47 Å². The Bertz CT molecular complexity index is 976. The molecule has 0 unspecified atom stereocenters. The van der Waals surface area contributed by atoms with E-state index in [2.05, 4.69) is 0 Å². The first kappa shape index (κ1) is 20.4. The number of anilines is 1. The molecule has 8 heteroatoms. The molecule has 1 amide bonds. The zero-order chi connectivity index (χ0) is 21.1. The Kier molecular flexibility index (Phi) is 5.91. The summed E-state index contributed by atoms with van der Waals surface area (Å²) in [5, 5.41) is 0. The van der Waals surface area contributed by atoms with Gasteiger partial charge in [-0.2, -0.15) is 0 Å². The summed E-state index contributed by atoms with van der Waals surface area (Å²) in [6, 6.07) is 8.06. The van der Waals surface area contributed by atoms with E-state index in [1.54, 1.807) is 12.1 Å². The van der Waals surface area contributed by atoms with Crippen LogP contribution in [0.4, 0.5) is 14.5 Å². The van der Waals surface area contributed by atoms with Gasteiger partial charge in [-0.1, -0.05) is 6.07 Å². The summed E-state index contributed by atoms with van der Waals surface area (Å²) in [5.41, 5.74) is 1.38. The van der Waals surface area contributed by atoms with Crippen LogP contribution in [0.1, 0.15) is 22.3 Å². The number of benzene rings is 2. The summed E-state index contributed by atoms with van der Waals surface area (Å²) < 4.78 is 36.5. The normalized spacial score (nSPS) is 16.1. The van der Waals surface area contributed by atoms with Crippen molar-refractivity contribution in [2.45, 2.75) is 13.3 Å². The van der Waals surface area contributed by atoms with E-state index in [1.807, 2.05) is 13.0 Å². The third-order valence-electron chi connectivity index (χ3n) is 4.67. The minimum Gasteiger partial charge on any atom is -0.495 e. The number of hydrogen-bond acceptors (Lipinski definition) is 5. The molecule has 152 valence electrons. The number of amides is 1. The molecule has 29 heavy (non-hydrogen) atoms. The number of carbonyl (C=O) groups is 3. The molecule has 0 aliphatic carbocycles. The molecule has 0 saturated carbocycles. The Morgan fingerprint density at radius 2 is 1.90 bits per heavy atom. The summed E-state index contributed by atoms with van der Waals surface area (Å²) in [6.45, 7) is 1.35. The minimum absolute atomic E-state index is 0.0602. The Balaban J connectivity index is 1.64. The maximum Gasteiger partial charge on any atom is 0.311 e. The van der Waals surface area contributed by atoms with Crippen LogP contribution < -0.4 is 9.64 Å². The van der Waals surface area contributed by atoms with Crippen LogP contribution >= 0.6 is 0 Å². The van der Waals surface area contributed by atoms with Crippen LogP contribution in [0, 0.1) is 24.5 Å². The Morgan fingerprint density at radius 1 is 1.14 bits per heavy atom. The van der Waals surface area contributed by atoms with E-state index in [1.165, 1.54) is 12.0 Å². The van der Waals surface area contributed by atoms with Crippen molar-refractivity contribution >= 4 is 23.3 Å². The molecular weight excluding hydrogens is 384 g/mol. The number of carbonyl (C=O) groups excluding carboxylic acids is 3. The fraction of sp³-hybridized carbons (Fsp3) is 0.286. The number of aryl methyl sites for hydroxylation is 1. The lowest BCUT2D eigenvalue weighted by Crippen LogP contribution is -2.27. The van der Waals surface area contributed by atoms with Gasteiger partial charge in [-0.05, 0) is 42.8 Å². The minimum atomic E-state index is -1.16. The van der Waals surface area contributed by atoms with E-state index in [0.29, 0.717) is 11.4 Å². The molecule has 0 bridgehead atoms. The fourth-order valence-corrected chi connectivity index (χ4v) is 3.12. The second-order valence-corrected chi connectivity index (χ2v) is 6.74. The highest BCUT2D eigenvalue weighted by Crippen LogP contribution is 2.34. The lowest BCUT2D eigenvalue weighted by Gasteiger charge is -2.20. The molecule has 0 N–H and O–H groups in total. The molecule has 2 aromatic rings. The van der Waals surface area contributed by atoms with Gasteiger partial charge in [0.1, 0.15) is 5.75 Å². The number of hydrogen-bond donors (Lipinski definition) is 0. The van der Waals surface area contributed by atoms with Crippen LogP contribution in [0.5, 0.6) is 5.75 Å². The molecular formula is C21H19F2NO5. The number of halogens is 2. The lowest BCUT2D eigenvalue weighted by atomic mass is 10.1. The first-order valence-electron chi connectivity index (χ1n) is 8.90. The number of nitrogens with zero attached hydrogens (tertiary/aromatic N) is 1. The molecule has 3 rings (SSSR count). The maximum absolute atomic E-state index is 13.2. The highest BCUT2D eigenvalue weighted by atomic mass is 19.2. The first-order valence-corrected chi connectivity index (χ1v) is 8.90. The van der Waals surface area contributed by atoms with Gasteiger partial charge in [-0.25, -0.2) is 8.78 Å². The van der Waals surface area contributed by atoms with Gasteiger partial charge in [0.05, 0.1) is 18.7 Å². The van der Waals surface area contributed by atoms with Gasteiger partial charge in [0.2, 0.25) is 5.91 Å². The quantitative estimate of drug-likeness (QED) is 0.548. The first-order chi connectivity index (χ1) is 13.8. The largest absolute Gasteiger partial charge is 0.495 e. The summed E-state index contributed by atoms with van der Waals surface area (Å²) in [5.74, 6) is -4.11. The van der Waals surface area contributed by atoms with Crippen molar-refractivity contribution in [3.8, 4) is 5.75 Å². The van der Waals surface area contributed by atoms with Gasteiger partial charge in [0.25, 0.3) is 0 Å². The number of ether oxygens (including phenoxy) is 2. The van der Waals surface area contributed by atoms with E-state index < -0.39 is 35.9 Å². The smallest absolute Gasteiger partial charge is 0.311 e. The molecule has 1 atom stereocenters. The highest BCUT2D eigenvalue weighted by molar-refractivity contribution is 6.01. The van der Waals surface area contributed by atoms with Crippen molar-refractivity contribution in [1.82, 2.24) is 0 Å². The fourth-order valence-electron chi connectivity index (χ4n) is 3.12. The molecule has 0 aromatic heterocycles. The zero-order valence-corrected chi connectivity index (χ0v) is 15.9. The third kappa shape index (κ3) is 4.42. The van der Waals surface area contributed by atoms with Crippen LogP contribution in [-0.4, -0.2) is 37.9 Å². The summed E-state index contributed by atoms with van der Waals surface area (Å²) in [4.78, 5) is 38.2. The molecule has 1 fully saturated rings. The average Bonchev–Trinajstić information content (AvgIpc) is 3.09. The van der Waals surface area contributed by atoms with Gasteiger partial charge >= 0.3 is 5.97 Å². The Morgan fingerprint density at radius 3 is 2.59 bits per heavy atom. The van der Waals surface area contributed by atoms with Gasteiger partial charge in [0, 0.05) is 18.5 Å². The molecule has 1 aliphatic heterocycles. The highest BCUT2D eigenvalue weighted by Gasteiger charge is 2.37. The van der Waals surface area contributed by atoms with Crippen molar-refractivity contribution in [2.24, 2.45) is 5.92 Å². The SMILES string of the molecule is COc1ccc(C)cc1N1C[C@@H](C(=O)OCC(=O)c2ccc(F)c(F)c2)CC1=O. The lowest BCUT2D eigenvalue weighted by molar-refractivity contribution is -0.147. The number of rotatable bonds is 6. The van der Waals surface area contributed by atoms with Crippen LogP contribution in [0.3, 0.4) is 0 Å². The van der Waals surface area contributed by atoms with Crippen LogP contribution in [0.15, 0.2) is 36.4 Å². The standard InChI is InChI=1S/C21H19F2NO5/c1-12-3-6-19(28-2)17(7-12)24-10-14(9-20(24)26)21(27)29-11-18(25)13-4-5-15(22)16(23)8-13/h3-8,14H,9-11H2,1-2H3/t14-/m0/s1. The molecule has 1 heterocycles. The van der Waals surface area contributed by atoms with Crippen molar-refractivity contribution in [3.63, 3.8) is 0 Å². The Labute approximate surface area is 166 Å². The predicted octanol–water partition coefficient (Wildman–Crippen LogP) is 3.06. The van der Waals surface area contributed by atoms with Gasteiger partial charge in [-0.15, -0.1) is 0 Å². The van der Waals surface area contributed by atoms with Crippen LogP contribution in [0.25, 0.3) is 0 Å². The monoisotopic (exact) mass is 403 g/mol. The number of methoxy groups -OCH3 is 1. The van der Waals surface area contributed by atoms with Crippen LogP contribution in [0.2, 0.25) is 0 Å². The van der Waals surface area contributed by atoms with Crippen LogP contribution in [-0.2, 0) is 14.3 Å². The van der Waals surface area contributed by atoms with E-state index in [9.17, 15) is 23.2 Å². The second-order valence-electron chi connectivity index (χ2n) is 6.74. The third-order valence-corrected chi connectivity index (χ3v) is 4.67. The molecule has 6 nitrogen and oxygen atoms in total. The van der Waals surface area contributed by atoms with Gasteiger partial charge in [-0.3, -0.25) is 14.4 Å². The van der Waals surface area contributed by atoms with Gasteiger partial charge in [0.15, 0.2) is 24.0 Å². The number of Topliss-reactive ketones (excluding diaryl/α,β-unsaturated/α-hetero) is 1. The average molecular weight is 403 g/mol. The predicted molar refractivity (Wildman–Crippen MR) is 99.8 cm³/mol. The number of ketones is 1. The molecule has 0 spiro atoms. The van der Waals surface area contributed by atoms with E-state index >= 15 is 0 Å². The molecule has 0 radical (unpaired) electrons. The van der Waals surface area contributed by atoms with Crippen molar-refractivity contribution < 1.29 is 32.6 Å². The second kappa shape index (κ2) is 8.38. The van der Waals surface area contributed by atoms with E-state index in [0.717, 1.165) is 23.8 Å². The summed E-state index contributed by atoms with van der Waals surface area (Å²) in [7, 11) is 1.49. The summed E-state index contributed by atoms with van der Waals surface area (Å²) in [6.07, 6.45) is -0.0602. The van der Waals surface area contributed by atoms with E-state index in [-0.39, 0.29) is 24.4 Å². The Hall–Kier alpha value is -3.29. The zero-order valence-electron chi connectivity index (χ0n) is 15.9.